The van der Waals surface area contributed by atoms with Crippen LogP contribution in [0.25, 0.3) is 11.3 Å². The molecule has 0 radical (unpaired) electrons. The van der Waals surface area contributed by atoms with Crippen LogP contribution in [0, 0.1) is 5.41 Å². The quantitative estimate of drug-likeness (QED) is 0.454. The van der Waals surface area contributed by atoms with Crippen molar-refractivity contribution in [3.8, 4) is 11.3 Å². The number of hydrogen-bond acceptors (Lipinski definition) is 2. The monoisotopic (exact) mass is 416 g/mol. The number of allylic oxidation sites excluding steroid dienone is 3. The first-order valence-electron chi connectivity index (χ1n) is 11.9. The molecule has 1 aliphatic carbocycles. The zero-order valence-corrected chi connectivity index (χ0v) is 20.2. The summed E-state index contributed by atoms with van der Waals surface area (Å²) in [5.74, 6) is 0. The third-order valence-electron chi connectivity index (χ3n) is 6.13. The molecule has 1 aliphatic rings. The fourth-order valence-corrected chi connectivity index (χ4v) is 4.62. The summed E-state index contributed by atoms with van der Waals surface area (Å²) in [6.07, 6.45) is 15.3. The van der Waals surface area contributed by atoms with E-state index in [1.807, 2.05) is 18.3 Å². The lowest BCUT2D eigenvalue weighted by molar-refractivity contribution is 0.321. The fraction of sp³-hybridized carbons (Fsp3) is 0.483. The lowest BCUT2D eigenvalue weighted by Crippen LogP contribution is -2.32. The minimum Gasteiger partial charge on any atom is -0.302 e. The SMILES string of the molecule is CN(C)C(Cc1ccc(-c2ccccn2)cc1)C1=CCC/C(CC(C)(C)C)=C\CCC1. The molecular weight excluding hydrogens is 376 g/mol. The highest BCUT2D eigenvalue weighted by atomic mass is 15.1. The second-order valence-electron chi connectivity index (χ2n) is 10.4. The highest BCUT2D eigenvalue weighted by Gasteiger charge is 2.19. The van der Waals surface area contributed by atoms with Gasteiger partial charge in [0.15, 0.2) is 0 Å². The van der Waals surface area contributed by atoms with Crippen LogP contribution >= 0.6 is 0 Å². The van der Waals surface area contributed by atoms with Crippen LogP contribution < -0.4 is 0 Å². The Balaban J connectivity index is 1.69. The predicted octanol–water partition coefficient (Wildman–Crippen LogP) is 7.47. The summed E-state index contributed by atoms with van der Waals surface area (Å²) in [5.41, 5.74) is 7.26. The molecule has 1 aromatic heterocycles. The van der Waals surface area contributed by atoms with E-state index in [2.05, 4.69) is 87.2 Å². The first kappa shape index (κ1) is 23.5. The molecule has 166 valence electrons. The molecule has 0 aliphatic heterocycles. The van der Waals surface area contributed by atoms with Crippen LogP contribution in [0.4, 0.5) is 0 Å². The molecule has 0 N–H and O–H groups in total. The van der Waals surface area contributed by atoms with E-state index < -0.39 is 0 Å². The van der Waals surface area contributed by atoms with Gasteiger partial charge in [0, 0.05) is 17.8 Å². The minimum atomic E-state index is 0.375. The molecule has 0 spiro atoms. The number of pyridine rings is 1. The molecule has 0 fully saturated rings. The minimum absolute atomic E-state index is 0.375. The summed E-state index contributed by atoms with van der Waals surface area (Å²) in [6.45, 7) is 7.05. The van der Waals surface area contributed by atoms with Crippen molar-refractivity contribution >= 4 is 0 Å². The molecule has 0 saturated carbocycles. The number of hydrogen-bond donors (Lipinski definition) is 0. The van der Waals surface area contributed by atoms with Crippen molar-refractivity contribution in [3.05, 3.63) is 77.5 Å². The molecule has 31 heavy (non-hydrogen) atoms. The molecule has 0 amide bonds. The van der Waals surface area contributed by atoms with E-state index in [1.165, 1.54) is 49.7 Å². The van der Waals surface area contributed by atoms with Crippen molar-refractivity contribution in [1.82, 2.24) is 9.88 Å². The van der Waals surface area contributed by atoms with E-state index in [1.54, 1.807) is 11.1 Å². The van der Waals surface area contributed by atoms with Crippen LogP contribution in [0.2, 0.25) is 0 Å². The Kier molecular flexibility index (Phi) is 8.26. The third-order valence-corrected chi connectivity index (χ3v) is 6.13. The summed E-state index contributed by atoms with van der Waals surface area (Å²) in [4.78, 5) is 6.88. The van der Waals surface area contributed by atoms with E-state index in [9.17, 15) is 0 Å². The van der Waals surface area contributed by atoms with Gasteiger partial charge in [-0.2, -0.15) is 0 Å². The van der Waals surface area contributed by atoms with Crippen molar-refractivity contribution in [2.75, 3.05) is 14.1 Å². The average molecular weight is 417 g/mol. The lowest BCUT2D eigenvalue weighted by atomic mass is 9.86. The molecule has 1 heterocycles. The normalized spacial score (nSPS) is 18.4. The molecule has 3 rings (SSSR count). The highest BCUT2D eigenvalue weighted by molar-refractivity contribution is 5.59. The van der Waals surface area contributed by atoms with Crippen LogP contribution in [0.1, 0.15) is 64.9 Å². The fourth-order valence-electron chi connectivity index (χ4n) is 4.62. The Morgan fingerprint density at radius 2 is 1.71 bits per heavy atom. The van der Waals surface area contributed by atoms with E-state index in [0.29, 0.717) is 11.5 Å². The highest BCUT2D eigenvalue weighted by Crippen LogP contribution is 2.30. The van der Waals surface area contributed by atoms with Gasteiger partial charge in [-0.15, -0.1) is 0 Å². The average Bonchev–Trinajstić information content (AvgIpc) is 2.84. The van der Waals surface area contributed by atoms with Crippen molar-refractivity contribution < 1.29 is 0 Å². The van der Waals surface area contributed by atoms with Gasteiger partial charge >= 0.3 is 0 Å². The summed E-state index contributed by atoms with van der Waals surface area (Å²) < 4.78 is 0. The number of benzene rings is 1. The topological polar surface area (TPSA) is 16.1 Å². The zero-order valence-electron chi connectivity index (χ0n) is 20.2. The van der Waals surface area contributed by atoms with E-state index in [4.69, 9.17) is 0 Å². The summed E-state index contributed by atoms with van der Waals surface area (Å²) >= 11 is 0. The number of rotatable bonds is 6. The Hall–Kier alpha value is -2.19. The Labute approximate surface area is 190 Å². The number of aromatic nitrogens is 1. The Bertz CT molecular complexity index is 867. The molecule has 2 heteroatoms. The Morgan fingerprint density at radius 1 is 0.935 bits per heavy atom. The van der Waals surface area contributed by atoms with E-state index >= 15 is 0 Å². The van der Waals surface area contributed by atoms with Gasteiger partial charge in [0.1, 0.15) is 0 Å². The molecular formula is C29H40N2. The maximum atomic E-state index is 4.48. The first-order valence-corrected chi connectivity index (χ1v) is 11.9. The lowest BCUT2D eigenvalue weighted by Gasteiger charge is -2.28. The second-order valence-corrected chi connectivity index (χ2v) is 10.4. The standard InChI is InChI=1S/C29H40N2/c1-29(2,3)22-24-11-6-7-13-26(14-10-12-24)28(31(4)5)21-23-16-18-25(19-17-23)27-15-8-9-20-30-27/h8-9,11,14-20,28H,6-7,10,12-13,21-22H2,1-5H3/b24-11+,26-14?. The van der Waals surface area contributed by atoms with Gasteiger partial charge in [0.2, 0.25) is 0 Å². The second kappa shape index (κ2) is 10.9. The van der Waals surface area contributed by atoms with Gasteiger partial charge in [-0.25, -0.2) is 0 Å². The number of likely N-dealkylation sites (N-methyl/N-ethyl adjacent to an activating group) is 1. The molecule has 1 atom stereocenters. The van der Waals surface area contributed by atoms with E-state index in [0.717, 1.165) is 12.1 Å². The smallest absolute Gasteiger partial charge is 0.0701 e. The summed E-state index contributed by atoms with van der Waals surface area (Å²) in [7, 11) is 4.45. The van der Waals surface area contributed by atoms with Gasteiger partial charge in [-0.05, 0) is 82.2 Å². The molecule has 0 bridgehead atoms. The maximum absolute atomic E-state index is 4.48. The summed E-state index contributed by atoms with van der Waals surface area (Å²) in [5, 5.41) is 0. The number of nitrogens with zero attached hydrogens (tertiary/aromatic N) is 2. The van der Waals surface area contributed by atoms with Gasteiger partial charge in [-0.1, -0.05) is 74.4 Å². The third kappa shape index (κ3) is 7.47. The van der Waals surface area contributed by atoms with E-state index in [-0.39, 0.29) is 0 Å². The molecule has 2 aromatic rings. The Morgan fingerprint density at radius 3 is 2.35 bits per heavy atom. The van der Waals surface area contributed by atoms with Crippen LogP contribution in [0.5, 0.6) is 0 Å². The van der Waals surface area contributed by atoms with Gasteiger partial charge in [-0.3, -0.25) is 4.98 Å². The molecule has 0 saturated heterocycles. The molecule has 1 aromatic carbocycles. The van der Waals surface area contributed by atoms with Crippen molar-refractivity contribution in [2.24, 2.45) is 5.41 Å². The van der Waals surface area contributed by atoms with Crippen LogP contribution in [-0.2, 0) is 6.42 Å². The molecule has 1 unspecified atom stereocenters. The molecule has 2 nitrogen and oxygen atoms in total. The summed E-state index contributed by atoms with van der Waals surface area (Å²) in [6, 6.07) is 15.5. The zero-order chi connectivity index (χ0) is 22.3. The van der Waals surface area contributed by atoms with Crippen molar-refractivity contribution in [2.45, 2.75) is 71.8 Å². The van der Waals surface area contributed by atoms with Crippen LogP contribution in [-0.4, -0.2) is 30.0 Å². The predicted molar refractivity (Wildman–Crippen MR) is 134 cm³/mol. The van der Waals surface area contributed by atoms with Crippen molar-refractivity contribution in [1.29, 1.82) is 0 Å². The van der Waals surface area contributed by atoms with Gasteiger partial charge in [0.05, 0.1) is 5.69 Å². The first-order chi connectivity index (χ1) is 14.8. The van der Waals surface area contributed by atoms with Crippen molar-refractivity contribution in [3.63, 3.8) is 0 Å². The maximum Gasteiger partial charge on any atom is 0.0701 e. The van der Waals surface area contributed by atoms with Gasteiger partial charge < -0.3 is 4.90 Å². The van der Waals surface area contributed by atoms with Gasteiger partial charge in [0.25, 0.3) is 0 Å². The van der Waals surface area contributed by atoms with Crippen LogP contribution in [0.15, 0.2) is 72.0 Å². The largest absolute Gasteiger partial charge is 0.302 e. The van der Waals surface area contributed by atoms with Crippen LogP contribution in [0.3, 0.4) is 0 Å².